The fraction of sp³-hybridized carbons (Fsp3) is 0.111. The van der Waals surface area contributed by atoms with Crippen LogP contribution in [0.4, 0.5) is 0 Å². The number of rotatable bonds is 5. The lowest BCUT2D eigenvalue weighted by Crippen LogP contribution is -1.91. The number of hydrogen-bond acceptors (Lipinski definition) is 0. The van der Waals surface area contributed by atoms with Crippen LogP contribution >= 0.6 is 0 Å². The van der Waals surface area contributed by atoms with E-state index in [1.807, 2.05) is 19.1 Å². The highest BCUT2D eigenvalue weighted by atomic mass is 14.1. The number of hydrogen-bond donors (Lipinski definition) is 0. The maximum Gasteiger partial charge on any atom is -0.0146 e. The average Bonchev–Trinajstić information content (AvgIpc) is 2.71. The first kappa shape index (κ1) is 18.7. The van der Waals surface area contributed by atoms with Crippen LogP contribution in [-0.4, -0.2) is 0 Å². The van der Waals surface area contributed by atoms with Crippen molar-refractivity contribution in [3.05, 3.63) is 114 Å². The Balaban J connectivity index is 2.13. The molecule has 0 unspecified atom stereocenters. The van der Waals surface area contributed by atoms with Crippen molar-refractivity contribution >= 4 is 5.57 Å². The number of aryl methyl sites for hydroxylation is 2. The number of benzene rings is 3. The molecule has 0 aliphatic heterocycles. The molecule has 0 fully saturated rings. The Labute approximate surface area is 163 Å². The van der Waals surface area contributed by atoms with E-state index in [0.717, 1.165) is 5.57 Å². The monoisotopic (exact) mass is 350 g/mol. The van der Waals surface area contributed by atoms with Crippen molar-refractivity contribution in [2.45, 2.75) is 20.8 Å². The third kappa shape index (κ3) is 4.17. The molecule has 0 atom stereocenters. The van der Waals surface area contributed by atoms with Gasteiger partial charge in [0.05, 0.1) is 0 Å². The van der Waals surface area contributed by atoms with Crippen LogP contribution in [0.5, 0.6) is 0 Å². The Hall–Kier alpha value is -3.12. The smallest absolute Gasteiger partial charge is 0.0146 e. The third-order valence-electron chi connectivity index (χ3n) is 4.89. The maximum absolute atomic E-state index is 3.98. The van der Waals surface area contributed by atoms with Crippen molar-refractivity contribution in [3.8, 4) is 22.3 Å². The lowest BCUT2D eigenvalue weighted by Gasteiger charge is -2.14. The molecule has 0 saturated carbocycles. The van der Waals surface area contributed by atoms with Gasteiger partial charge in [0.1, 0.15) is 0 Å². The minimum atomic E-state index is 1.13. The zero-order chi connectivity index (χ0) is 19.2. The zero-order valence-electron chi connectivity index (χ0n) is 16.4. The molecule has 0 radical (unpaired) electrons. The van der Waals surface area contributed by atoms with Gasteiger partial charge in [-0.3, -0.25) is 0 Å². The van der Waals surface area contributed by atoms with Crippen LogP contribution in [0.3, 0.4) is 0 Å². The van der Waals surface area contributed by atoms with Gasteiger partial charge in [-0.1, -0.05) is 85.5 Å². The minimum Gasteiger partial charge on any atom is -0.0984 e. The Morgan fingerprint density at radius 1 is 0.778 bits per heavy atom. The summed E-state index contributed by atoms with van der Waals surface area (Å²) < 4.78 is 0. The van der Waals surface area contributed by atoms with E-state index in [1.165, 1.54) is 38.9 Å². The summed E-state index contributed by atoms with van der Waals surface area (Å²) >= 11 is 0. The molecule has 134 valence electrons. The van der Waals surface area contributed by atoms with Crippen molar-refractivity contribution < 1.29 is 0 Å². The first-order valence-electron chi connectivity index (χ1n) is 9.37. The molecule has 0 heterocycles. The molecule has 0 aliphatic carbocycles. The van der Waals surface area contributed by atoms with E-state index in [9.17, 15) is 0 Å². The fourth-order valence-corrected chi connectivity index (χ4v) is 3.30. The SMILES string of the molecule is C=C/C(=C\C=C/C)c1ccc(C)c(-c2cc(-c3ccccc3)ccc2C)c1. The summed E-state index contributed by atoms with van der Waals surface area (Å²) in [5.74, 6) is 0. The lowest BCUT2D eigenvalue weighted by atomic mass is 9.90. The van der Waals surface area contributed by atoms with E-state index in [4.69, 9.17) is 0 Å². The molecule has 0 aromatic heterocycles. The summed E-state index contributed by atoms with van der Waals surface area (Å²) in [7, 11) is 0. The molecule has 0 amide bonds. The minimum absolute atomic E-state index is 1.13. The Morgan fingerprint density at radius 3 is 2.11 bits per heavy atom. The predicted octanol–water partition coefficient (Wildman–Crippen LogP) is 7.78. The van der Waals surface area contributed by atoms with Crippen LogP contribution in [0, 0.1) is 13.8 Å². The summed E-state index contributed by atoms with van der Waals surface area (Å²) in [6.07, 6.45) is 8.11. The molecule has 3 aromatic carbocycles. The van der Waals surface area contributed by atoms with Crippen molar-refractivity contribution in [3.63, 3.8) is 0 Å². The quantitative estimate of drug-likeness (QED) is 0.412. The van der Waals surface area contributed by atoms with Gasteiger partial charge in [0.15, 0.2) is 0 Å². The summed E-state index contributed by atoms with van der Waals surface area (Å²) in [4.78, 5) is 0. The molecule has 3 rings (SSSR count). The molecule has 3 aromatic rings. The second kappa shape index (κ2) is 8.51. The van der Waals surface area contributed by atoms with Gasteiger partial charge < -0.3 is 0 Å². The van der Waals surface area contributed by atoms with Crippen molar-refractivity contribution in [2.75, 3.05) is 0 Å². The van der Waals surface area contributed by atoms with Crippen molar-refractivity contribution in [1.29, 1.82) is 0 Å². The van der Waals surface area contributed by atoms with Crippen molar-refractivity contribution in [2.24, 2.45) is 0 Å². The van der Waals surface area contributed by atoms with E-state index in [-0.39, 0.29) is 0 Å². The van der Waals surface area contributed by atoms with Crippen LogP contribution in [0.2, 0.25) is 0 Å². The molecule has 0 spiro atoms. The van der Waals surface area contributed by atoms with Crippen LogP contribution in [-0.2, 0) is 0 Å². The van der Waals surface area contributed by atoms with Gasteiger partial charge in [0, 0.05) is 0 Å². The van der Waals surface area contributed by atoms with Gasteiger partial charge in [0.25, 0.3) is 0 Å². The predicted molar refractivity (Wildman–Crippen MR) is 120 cm³/mol. The second-order valence-electron chi connectivity index (χ2n) is 6.78. The summed E-state index contributed by atoms with van der Waals surface area (Å²) in [6.45, 7) is 10.4. The Morgan fingerprint density at radius 2 is 1.44 bits per heavy atom. The number of allylic oxidation sites excluding steroid dienone is 5. The van der Waals surface area contributed by atoms with Gasteiger partial charge in [-0.2, -0.15) is 0 Å². The van der Waals surface area contributed by atoms with Gasteiger partial charge in [-0.05, 0) is 77.4 Å². The molecule has 0 heteroatoms. The van der Waals surface area contributed by atoms with E-state index in [2.05, 4.69) is 99.3 Å². The summed E-state index contributed by atoms with van der Waals surface area (Å²) in [6, 6.07) is 23.9. The molecule has 0 bridgehead atoms. The van der Waals surface area contributed by atoms with E-state index in [0.29, 0.717) is 0 Å². The van der Waals surface area contributed by atoms with Gasteiger partial charge in [0.2, 0.25) is 0 Å². The third-order valence-corrected chi connectivity index (χ3v) is 4.89. The largest absolute Gasteiger partial charge is 0.0984 e. The standard InChI is InChI=1S/C27H26/c1-5-7-11-22(6-2)24-16-14-20(3)26(18-24)27-19-25(17-15-21(27)4)23-12-9-8-10-13-23/h5-19H,2H2,1,3-4H3/b7-5-,22-11+. The molecule has 0 saturated heterocycles. The molecule has 0 N–H and O–H groups in total. The fourth-order valence-electron chi connectivity index (χ4n) is 3.30. The van der Waals surface area contributed by atoms with Crippen molar-refractivity contribution in [1.82, 2.24) is 0 Å². The first-order chi connectivity index (χ1) is 13.1. The Kier molecular flexibility index (Phi) is 5.88. The zero-order valence-corrected chi connectivity index (χ0v) is 16.4. The maximum atomic E-state index is 3.98. The van der Waals surface area contributed by atoms with Gasteiger partial charge in [-0.15, -0.1) is 0 Å². The summed E-state index contributed by atoms with van der Waals surface area (Å²) in [5, 5.41) is 0. The normalized spacial score (nSPS) is 11.7. The van der Waals surface area contributed by atoms with E-state index < -0.39 is 0 Å². The van der Waals surface area contributed by atoms with E-state index >= 15 is 0 Å². The summed E-state index contributed by atoms with van der Waals surface area (Å²) in [5.41, 5.74) is 9.93. The van der Waals surface area contributed by atoms with Crippen LogP contribution in [0.25, 0.3) is 27.8 Å². The molecular formula is C27H26. The second-order valence-corrected chi connectivity index (χ2v) is 6.78. The van der Waals surface area contributed by atoms with Gasteiger partial charge >= 0.3 is 0 Å². The average molecular weight is 351 g/mol. The first-order valence-corrected chi connectivity index (χ1v) is 9.37. The highest BCUT2D eigenvalue weighted by Gasteiger charge is 2.09. The van der Waals surface area contributed by atoms with Crippen LogP contribution in [0.15, 0.2) is 97.6 Å². The van der Waals surface area contributed by atoms with E-state index in [1.54, 1.807) is 0 Å². The highest BCUT2D eigenvalue weighted by molar-refractivity contribution is 5.82. The molecule has 27 heavy (non-hydrogen) atoms. The Bertz CT molecular complexity index is 1000. The topological polar surface area (TPSA) is 0 Å². The highest BCUT2D eigenvalue weighted by Crippen LogP contribution is 2.33. The lowest BCUT2D eigenvalue weighted by molar-refractivity contribution is 1.40. The molecular weight excluding hydrogens is 324 g/mol. The van der Waals surface area contributed by atoms with Crippen LogP contribution < -0.4 is 0 Å². The molecule has 0 nitrogen and oxygen atoms in total. The molecule has 0 aliphatic rings. The van der Waals surface area contributed by atoms with Crippen LogP contribution in [0.1, 0.15) is 23.6 Å². The van der Waals surface area contributed by atoms with Gasteiger partial charge in [-0.25, -0.2) is 0 Å².